The van der Waals surface area contributed by atoms with E-state index in [9.17, 15) is 9.59 Å². The largest absolute Gasteiger partial charge is 0.444 e. The lowest BCUT2D eigenvalue weighted by Gasteiger charge is -2.32. The van der Waals surface area contributed by atoms with Crippen LogP contribution in [0, 0.1) is 12.0 Å². The summed E-state index contributed by atoms with van der Waals surface area (Å²) in [5, 5.41) is 2.89. The van der Waals surface area contributed by atoms with Gasteiger partial charge in [-0.05, 0) is 51.8 Å². The predicted molar refractivity (Wildman–Crippen MR) is 84.4 cm³/mol. The van der Waals surface area contributed by atoms with Gasteiger partial charge in [0.15, 0.2) is 0 Å². The van der Waals surface area contributed by atoms with Gasteiger partial charge in [-0.25, -0.2) is 4.79 Å². The van der Waals surface area contributed by atoms with E-state index in [1.54, 1.807) is 17.0 Å². The van der Waals surface area contributed by atoms with Gasteiger partial charge in [-0.15, -0.1) is 0 Å². The Balaban J connectivity index is 1.82. The average Bonchev–Trinajstić information content (AvgIpc) is 2.46. The Morgan fingerprint density at radius 3 is 2.55 bits per heavy atom. The molecule has 5 nitrogen and oxygen atoms in total. The summed E-state index contributed by atoms with van der Waals surface area (Å²) in [5.41, 5.74) is 0.261. The van der Waals surface area contributed by atoms with Gasteiger partial charge in [0.1, 0.15) is 5.60 Å². The van der Waals surface area contributed by atoms with E-state index in [4.69, 9.17) is 4.74 Å². The SMILES string of the molecule is CC(C)(C)OC(=O)N1CCC(C(=O)Nc2c[c]ccc2)CC1. The van der Waals surface area contributed by atoms with Gasteiger partial charge < -0.3 is 15.0 Å². The number of hydrogen-bond donors (Lipinski definition) is 1. The molecule has 0 bridgehead atoms. The van der Waals surface area contributed by atoms with Gasteiger partial charge in [-0.2, -0.15) is 0 Å². The van der Waals surface area contributed by atoms with Gasteiger partial charge in [0, 0.05) is 24.7 Å². The number of carbonyl (C=O) groups excluding carboxylic acids is 2. The summed E-state index contributed by atoms with van der Waals surface area (Å²) in [6.45, 7) is 6.65. The third-order valence-electron chi connectivity index (χ3n) is 3.49. The number of rotatable bonds is 2. The van der Waals surface area contributed by atoms with Crippen LogP contribution in [-0.2, 0) is 9.53 Å². The molecule has 119 valence electrons. The Bertz CT molecular complexity index is 514. The van der Waals surface area contributed by atoms with Gasteiger partial charge >= 0.3 is 6.09 Å². The highest BCUT2D eigenvalue weighted by atomic mass is 16.6. The lowest BCUT2D eigenvalue weighted by molar-refractivity contribution is -0.121. The standard InChI is InChI=1S/C17H23N2O3/c1-17(2,3)22-16(21)19-11-9-13(10-12-19)15(20)18-14-7-5-4-6-8-14/h4-5,7-8,13H,9-12H2,1-3H3,(H,18,20). The Morgan fingerprint density at radius 1 is 1.32 bits per heavy atom. The number of carbonyl (C=O) groups is 2. The fourth-order valence-electron chi connectivity index (χ4n) is 2.37. The smallest absolute Gasteiger partial charge is 0.410 e. The van der Waals surface area contributed by atoms with E-state index in [1.807, 2.05) is 32.9 Å². The molecule has 1 N–H and O–H groups in total. The monoisotopic (exact) mass is 303 g/mol. The average molecular weight is 303 g/mol. The maximum atomic E-state index is 12.2. The van der Waals surface area contributed by atoms with E-state index in [2.05, 4.69) is 11.4 Å². The summed E-state index contributed by atoms with van der Waals surface area (Å²) in [7, 11) is 0. The molecule has 0 aromatic heterocycles. The van der Waals surface area contributed by atoms with E-state index >= 15 is 0 Å². The maximum Gasteiger partial charge on any atom is 0.410 e. The number of amides is 2. The van der Waals surface area contributed by atoms with Crippen LogP contribution in [0.3, 0.4) is 0 Å². The molecule has 0 unspecified atom stereocenters. The molecule has 1 aromatic rings. The summed E-state index contributed by atoms with van der Waals surface area (Å²) in [6, 6.07) is 10.1. The fourth-order valence-corrected chi connectivity index (χ4v) is 2.37. The molecule has 1 radical (unpaired) electrons. The third kappa shape index (κ3) is 4.76. The number of ether oxygens (including phenoxy) is 1. The number of anilines is 1. The molecule has 1 fully saturated rings. The van der Waals surface area contributed by atoms with Crippen LogP contribution in [0.15, 0.2) is 24.3 Å². The number of hydrogen-bond acceptors (Lipinski definition) is 3. The minimum atomic E-state index is -0.491. The van der Waals surface area contributed by atoms with Crippen molar-refractivity contribution >= 4 is 17.7 Å². The summed E-state index contributed by atoms with van der Waals surface area (Å²) < 4.78 is 5.35. The molecule has 2 rings (SSSR count). The van der Waals surface area contributed by atoms with Gasteiger partial charge in [-0.1, -0.05) is 12.1 Å². The van der Waals surface area contributed by atoms with Crippen LogP contribution in [-0.4, -0.2) is 35.6 Å². The zero-order valence-electron chi connectivity index (χ0n) is 13.4. The van der Waals surface area contributed by atoms with Crippen LogP contribution in [0.2, 0.25) is 0 Å². The predicted octanol–water partition coefficient (Wildman–Crippen LogP) is 3.07. The second kappa shape index (κ2) is 6.81. The lowest BCUT2D eigenvalue weighted by Crippen LogP contribution is -2.43. The Morgan fingerprint density at radius 2 is 2.00 bits per heavy atom. The second-order valence-corrected chi connectivity index (χ2v) is 6.52. The molecule has 1 aromatic carbocycles. The maximum absolute atomic E-state index is 12.2. The van der Waals surface area contributed by atoms with E-state index in [0.717, 1.165) is 5.69 Å². The molecular formula is C17H23N2O3. The quantitative estimate of drug-likeness (QED) is 0.913. The van der Waals surface area contributed by atoms with Crippen molar-refractivity contribution in [2.45, 2.75) is 39.2 Å². The van der Waals surface area contributed by atoms with Crippen LogP contribution in [0.4, 0.5) is 10.5 Å². The van der Waals surface area contributed by atoms with E-state index in [1.165, 1.54) is 0 Å². The Labute approximate surface area is 131 Å². The van der Waals surface area contributed by atoms with E-state index < -0.39 is 5.60 Å². The van der Waals surface area contributed by atoms with Crippen molar-refractivity contribution in [1.82, 2.24) is 4.90 Å². The van der Waals surface area contributed by atoms with E-state index in [0.29, 0.717) is 25.9 Å². The lowest BCUT2D eigenvalue weighted by atomic mass is 9.96. The minimum absolute atomic E-state index is 0.00318. The van der Waals surface area contributed by atoms with E-state index in [-0.39, 0.29) is 17.9 Å². The van der Waals surface area contributed by atoms with Crippen LogP contribution in [0.25, 0.3) is 0 Å². The number of benzene rings is 1. The molecule has 1 aliphatic rings. The highest BCUT2D eigenvalue weighted by Crippen LogP contribution is 2.21. The number of nitrogens with one attached hydrogen (secondary N) is 1. The molecule has 0 spiro atoms. The molecule has 0 atom stereocenters. The first kappa shape index (κ1) is 16.3. The zero-order chi connectivity index (χ0) is 16.2. The van der Waals surface area contributed by atoms with Gasteiger partial charge in [0.2, 0.25) is 5.91 Å². The normalized spacial score (nSPS) is 16.2. The van der Waals surface area contributed by atoms with Crippen molar-refractivity contribution in [3.05, 3.63) is 30.3 Å². The highest BCUT2D eigenvalue weighted by molar-refractivity contribution is 5.92. The van der Waals surface area contributed by atoms with Gasteiger partial charge in [-0.3, -0.25) is 4.79 Å². The first-order valence-corrected chi connectivity index (χ1v) is 7.60. The second-order valence-electron chi connectivity index (χ2n) is 6.52. The van der Waals surface area contributed by atoms with Crippen molar-refractivity contribution < 1.29 is 14.3 Å². The topological polar surface area (TPSA) is 58.6 Å². The number of nitrogens with zero attached hydrogens (tertiary/aromatic N) is 1. The van der Waals surface area contributed by atoms with Crippen molar-refractivity contribution in [1.29, 1.82) is 0 Å². The van der Waals surface area contributed by atoms with Gasteiger partial charge in [0.25, 0.3) is 0 Å². The molecule has 1 heterocycles. The van der Waals surface area contributed by atoms with Crippen LogP contribution >= 0.6 is 0 Å². The summed E-state index contributed by atoms with van der Waals surface area (Å²) in [4.78, 5) is 25.9. The third-order valence-corrected chi connectivity index (χ3v) is 3.49. The molecule has 2 amide bonds. The highest BCUT2D eigenvalue weighted by Gasteiger charge is 2.29. The molecule has 1 aliphatic heterocycles. The summed E-state index contributed by atoms with van der Waals surface area (Å²) >= 11 is 0. The van der Waals surface area contributed by atoms with Crippen molar-refractivity contribution in [3.8, 4) is 0 Å². The summed E-state index contributed by atoms with van der Waals surface area (Å²) in [6.07, 6.45) is 1.01. The summed E-state index contributed by atoms with van der Waals surface area (Å²) in [5.74, 6) is -0.0673. The molecule has 0 aliphatic carbocycles. The van der Waals surface area contributed by atoms with Crippen molar-refractivity contribution in [2.75, 3.05) is 18.4 Å². The molecule has 5 heteroatoms. The molecule has 0 saturated carbocycles. The van der Waals surface area contributed by atoms with Crippen molar-refractivity contribution in [2.24, 2.45) is 5.92 Å². The molecular weight excluding hydrogens is 280 g/mol. The zero-order valence-corrected chi connectivity index (χ0v) is 13.4. The number of piperidine rings is 1. The first-order valence-electron chi connectivity index (χ1n) is 7.60. The molecule has 1 saturated heterocycles. The molecule has 22 heavy (non-hydrogen) atoms. The van der Waals surface area contributed by atoms with Crippen LogP contribution in [0.5, 0.6) is 0 Å². The Hall–Kier alpha value is -2.04. The van der Waals surface area contributed by atoms with Gasteiger partial charge in [0.05, 0.1) is 0 Å². The van der Waals surface area contributed by atoms with Crippen LogP contribution < -0.4 is 5.32 Å². The Kier molecular flexibility index (Phi) is 5.06. The fraction of sp³-hybridized carbons (Fsp3) is 0.529. The minimum Gasteiger partial charge on any atom is -0.444 e. The number of likely N-dealkylation sites (tertiary alicyclic amines) is 1. The van der Waals surface area contributed by atoms with Crippen molar-refractivity contribution in [3.63, 3.8) is 0 Å². The first-order chi connectivity index (χ1) is 10.3. The van der Waals surface area contributed by atoms with Crippen LogP contribution in [0.1, 0.15) is 33.6 Å².